The van der Waals surface area contributed by atoms with Gasteiger partial charge in [-0.3, -0.25) is 9.80 Å². The highest BCUT2D eigenvalue weighted by molar-refractivity contribution is 5.27. The Morgan fingerprint density at radius 1 is 1.03 bits per heavy atom. The third kappa shape index (κ3) is 4.73. The molecule has 0 unspecified atom stereocenters. The molecule has 1 aliphatic carbocycles. The van der Waals surface area contributed by atoms with Gasteiger partial charge in [0.25, 0.3) is 0 Å². The number of hydrogen-bond acceptors (Lipinski definition) is 4. The van der Waals surface area contributed by atoms with Crippen molar-refractivity contribution in [2.75, 3.05) is 32.7 Å². The predicted molar refractivity (Wildman–Crippen MR) is 125 cm³/mol. The number of hydrogen-bond donors (Lipinski definition) is 1. The maximum absolute atomic E-state index is 13.2. The number of nitrogens with zero attached hydrogens (tertiary/aromatic N) is 3. The highest BCUT2D eigenvalue weighted by Gasteiger charge is 2.46. The van der Waals surface area contributed by atoms with Crippen LogP contribution in [0.25, 0.3) is 0 Å². The molecule has 1 N–H and O–H groups in total. The summed E-state index contributed by atoms with van der Waals surface area (Å²) in [5.41, 5.74) is 2.65. The molecule has 1 saturated carbocycles. The van der Waals surface area contributed by atoms with Crippen LogP contribution < -0.4 is 5.32 Å². The van der Waals surface area contributed by atoms with E-state index in [1.807, 2.05) is 12.1 Å². The molecule has 5 heteroatoms. The average molecular weight is 433 g/mol. The van der Waals surface area contributed by atoms with Crippen LogP contribution in [0.5, 0.6) is 0 Å². The van der Waals surface area contributed by atoms with Crippen LogP contribution in [0.15, 0.2) is 54.6 Å². The van der Waals surface area contributed by atoms with Crippen molar-refractivity contribution < 1.29 is 4.39 Å². The Hall–Kier alpha value is -2.26. The van der Waals surface area contributed by atoms with E-state index in [-0.39, 0.29) is 11.4 Å². The zero-order valence-corrected chi connectivity index (χ0v) is 18.7. The van der Waals surface area contributed by atoms with Crippen LogP contribution in [-0.2, 0) is 6.54 Å². The molecule has 168 valence electrons. The fourth-order valence-electron chi connectivity index (χ4n) is 5.62. The minimum atomic E-state index is -0.181. The summed E-state index contributed by atoms with van der Waals surface area (Å²) < 4.78 is 13.2. The van der Waals surface area contributed by atoms with Crippen molar-refractivity contribution in [1.29, 1.82) is 5.26 Å². The molecule has 2 heterocycles. The Balaban J connectivity index is 1.07. The van der Waals surface area contributed by atoms with Gasteiger partial charge in [-0.1, -0.05) is 42.5 Å². The zero-order chi connectivity index (χ0) is 22.0. The van der Waals surface area contributed by atoms with Crippen molar-refractivity contribution in [2.24, 2.45) is 5.92 Å². The summed E-state index contributed by atoms with van der Waals surface area (Å²) >= 11 is 0. The van der Waals surface area contributed by atoms with E-state index in [0.717, 1.165) is 57.7 Å². The number of rotatable bonds is 8. The molecule has 0 aromatic heterocycles. The van der Waals surface area contributed by atoms with Gasteiger partial charge in [0, 0.05) is 56.8 Å². The minimum Gasteiger partial charge on any atom is -0.313 e. The molecule has 2 aromatic carbocycles. The first-order valence-electron chi connectivity index (χ1n) is 12.0. The van der Waals surface area contributed by atoms with Crippen LogP contribution in [0, 0.1) is 23.1 Å². The lowest BCUT2D eigenvalue weighted by atomic mass is 9.79. The second-order valence-corrected chi connectivity index (χ2v) is 10.0. The predicted octanol–water partition coefficient (Wildman–Crippen LogP) is 4.15. The standard InChI is InChI=1S/C27H33FN4/c28-24-8-6-21(7-9-24)18-31-14-11-27(10-13-29,12-15-31)32-19-22(20-32)17-30-26-16-25(26)23-4-2-1-3-5-23/h1-9,22,25-26,30H,10-12,14-20H2/t25-,26+/m0/s1. The highest BCUT2D eigenvalue weighted by atomic mass is 19.1. The first-order valence-corrected chi connectivity index (χ1v) is 12.0. The molecule has 0 radical (unpaired) electrons. The van der Waals surface area contributed by atoms with E-state index in [4.69, 9.17) is 0 Å². The molecule has 0 spiro atoms. The lowest BCUT2D eigenvalue weighted by Crippen LogP contribution is -2.64. The van der Waals surface area contributed by atoms with E-state index in [2.05, 4.69) is 51.5 Å². The second kappa shape index (κ2) is 9.31. The summed E-state index contributed by atoms with van der Waals surface area (Å²) in [5, 5.41) is 13.3. The molecule has 2 aliphatic heterocycles. The summed E-state index contributed by atoms with van der Waals surface area (Å²) in [6.07, 6.45) is 3.96. The molecule has 2 atom stereocenters. The Bertz CT molecular complexity index is 924. The van der Waals surface area contributed by atoms with Gasteiger partial charge in [0.05, 0.1) is 12.5 Å². The van der Waals surface area contributed by atoms with Gasteiger partial charge in [0.15, 0.2) is 0 Å². The summed E-state index contributed by atoms with van der Waals surface area (Å²) in [6.45, 7) is 6.16. The van der Waals surface area contributed by atoms with Crippen molar-refractivity contribution in [3.8, 4) is 6.07 Å². The average Bonchev–Trinajstić information content (AvgIpc) is 3.56. The number of halogens is 1. The lowest BCUT2D eigenvalue weighted by molar-refractivity contribution is -0.0495. The Morgan fingerprint density at radius 2 is 1.75 bits per heavy atom. The number of nitriles is 1. The molecule has 3 aliphatic rings. The van der Waals surface area contributed by atoms with Gasteiger partial charge in [0.2, 0.25) is 0 Å². The molecule has 0 bridgehead atoms. The first-order chi connectivity index (χ1) is 15.6. The van der Waals surface area contributed by atoms with Gasteiger partial charge >= 0.3 is 0 Å². The maximum Gasteiger partial charge on any atom is 0.123 e. The number of likely N-dealkylation sites (tertiary alicyclic amines) is 2. The SMILES string of the molecule is N#CCC1(N2CC(CN[C@@H]3C[C@H]3c3ccccc3)C2)CCN(Cc2ccc(F)cc2)CC1. The van der Waals surface area contributed by atoms with Crippen LogP contribution >= 0.6 is 0 Å². The van der Waals surface area contributed by atoms with E-state index >= 15 is 0 Å². The Labute approximate surface area is 191 Å². The van der Waals surface area contributed by atoms with Crippen LogP contribution in [0.2, 0.25) is 0 Å². The Morgan fingerprint density at radius 3 is 2.44 bits per heavy atom. The molecule has 2 aromatic rings. The van der Waals surface area contributed by atoms with Crippen LogP contribution in [0.3, 0.4) is 0 Å². The van der Waals surface area contributed by atoms with Crippen LogP contribution in [0.1, 0.15) is 42.7 Å². The van der Waals surface area contributed by atoms with Gasteiger partial charge in [0.1, 0.15) is 5.82 Å². The van der Waals surface area contributed by atoms with Crippen molar-refractivity contribution in [2.45, 2.75) is 49.7 Å². The molecule has 32 heavy (non-hydrogen) atoms. The normalized spacial score (nSPS) is 25.8. The first kappa shape index (κ1) is 21.6. The minimum absolute atomic E-state index is 0.0384. The van der Waals surface area contributed by atoms with Gasteiger partial charge < -0.3 is 5.32 Å². The van der Waals surface area contributed by atoms with Crippen molar-refractivity contribution >= 4 is 0 Å². The van der Waals surface area contributed by atoms with E-state index in [9.17, 15) is 9.65 Å². The zero-order valence-electron chi connectivity index (χ0n) is 18.7. The van der Waals surface area contributed by atoms with Gasteiger partial charge in [-0.05, 0) is 48.4 Å². The monoisotopic (exact) mass is 432 g/mol. The molecular formula is C27H33FN4. The summed E-state index contributed by atoms with van der Waals surface area (Å²) in [7, 11) is 0. The quantitative estimate of drug-likeness (QED) is 0.681. The second-order valence-electron chi connectivity index (χ2n) is 10.0. The maximum atomic E-state index is 13.2. The molecule has 0 amide bonds. The molecule has 5 rings (SSSR count). The largest absolute Gasteiger partial charge is 0.313 e. The number of benzene rings is 2. The van der Waals surface area contributed by atoms with E-state index < -0.39 is 0 Å². The Kier molecular flexibility index (Phi) is 6.28. The third-order valence-corrected chi connectivity index (χ3v) is 7.83. The summed E-state index contributed by atoms with van der Waals surface area (Å²) in [4.78, 5) is 5.03. The summed E-state index contributed by atoms with van der Waals surface area (Å²) in [5.74, 6) is 1.20. The van der Waals surface area contributed by atoms with Crippen molar-refractivity contribution in [3.63, 3.8) is 0 Å². The molecule has 3 fully saturated rings. The molecule has 4 nitrogen and oxygen atoms in total. The summed E-state index contributed by atoms with van der Waals surface area (Å²) in [6, 6.07) is 20.8. The van der Waals surface area contributed by atoms with E-state index in [1.54, 1.807) is 0 Å². The number of piperidine rings is 1. The molecule has 2 saturated heterocycles. The van der Waals surface area contributed by atoms with Crippen molar-refractivity contribution in [3.05, 3.63) is 71.5 Å². The van der Waals surface area contributed by atoms with Crippen LogP contribution in [0.4, 0.5) is 4.39 Å². The van der Waals surface area contributed by atoms with Gasteiger partial charge in [-0.15, -0.1) is 0 Å². The van der Waals surface area contributed by atoms with Crippen LogP contribution in [-0.4, -0.2) is 54.1 Å². The highest BCUT2D eigenvalue weighted by Crippen LogP contribution is 2.41. The fourth-order valence-corrected chi connectivity index (χ4v) is 5.62. The fraction of sp³-hybridized carbons (Fsp3) is 0.519. The molecular weight excluding hydrogens is 399 g/mol. The smallest absolute Gasteiger partial charge is 0.123 e. The van der Waals surface area contributed by atoms with Crippen molar-refractivity contribution in [1.82, 2.24) is 15.1 Å². The third-order valence-electron chi connectivity index (χ3n) is 7.83. The van der Waals surface area contributed by atoms with Gasteiger partial charge in [-0.25, -0.2) is 4.39 Å². The van der Waals surface area contributed by atoms with E-state index in [1.165, 1.54) is 24.1 Å². The van der Waals surface area contributed by atoms with E-state index in [0.29, 0.717) is 24.3 Å². The van der Waals surface area contributed by atoms with Gasteiger partial charge in [-0.2, -0.15) is 5.26 Å². The topological polar surface area (TPSA) is 42.3 Å². The number of nitrogens with one attached hydrogen (secondary N) is 1. The lowest BCUT2D eigenvalue weighted by Gasteiger charge is -2.55.